The minimum absolute atomic E-state index is 0.0160. The third-order valence-corrected chi connectivity index (χ3v) is 4.14. The zero-order chi connectivity index (χ0) is 15.3. The quantitative estimate of drug-likeness (QED) is 0.807. The predicted octanol–water partition coefficient (Wildman–Crippen LogP) is 2.44. The van der Waals surface area contributed by atoms with Gasteiger partial charge in [-0.25, -0.2) is 0 Å². The van der Waals surface area contributed by atoms with Crippen LogP contribution in [0.1, 0.15) is 32.6 Å². The largest absolute Gasteiger partial charge is 0.494 e. The lowest BCUT2D eigenvalue weighted by Crippen LogP contribution is -2.51. The number of aliphatic carboxylic acids is 1. The smallest absolute Gasteiger partial charge is 0.323 e. The van der Waals surface area contributed by atoms with Crippen molar-refractivity contribution in [2.24, 2.45) is 11.7 Å². The molecule has 1 fully saturated rings. The summed E-state index contributed by atoms with van der Waals surface area (Å²) in [6.07, 6.45) is 2.94. The summed E-state index contributed by atoms with van der Waals surface area (Å²) in [6.45, 7) is 3.05. The molecule has 0 heterocycles. The summed E-state index contributed by atoms with van der Waals surface area (Å²) in [5, 5.41) is 9.26. The van der Waals surface area contributed by atoms with E-state index < -0.39 is 11.5 Å². The number of hydrogen-bond donors (Lipinski definition) is 2. The van der Waals surface area contributed by atoms with Crippen LogP contribution in [0.2, 0.25) is 0 Å². The van der Waals surface area contributed by atoms with E-state index in [9.17, 15) is 9.90 Å². The van der Waals surface area contributed by atoms with Crippen molar-refractivity contribution in [1.82, 2.24) is 0 Å². The van der Waals surface area contributed by atoms with Gasteiger partial charge in [0.05, 0.1) is 13.2 Å². The molecule has 5 heteroatoms. The lowest BCUT2D eigenvalue weighted by Gasteiger charge is -2.26. The van der Waals surface area contributed by atoms with Crippen LogP contribution < -0.4 is 15.2 Å². The Morgan fingerprint density at radius 1 is 1.33 bits per heavy atom. The summed E-state index contributed by atoms with van der Waals surface area (Å²) < 4.78 is 11.0. The molecule has 5 nitrogen and oxygen atoms in total. The Balaban J connectivity index is 1.82. The summed E-state index contributed by atoms with van der Waals surface area (Å²) in [4.78, 5) is 11.3. The zero-order valence-electron chi connectivity index (χ0n) is 12.4. The molecule has 0 amide bonds. The van der Waals surface area contributed by atoms with Crippen LogP contribution in [0.4, 0.5) is 0 Å². The van der Waals surface area contributed by atoms with Crippen molar-refractivity contribution in [3.05, 3.63) is 24.3 Å². The van der Waals surface area contributed by atoms with Gasteiger partial charge in [0.1, 0.15) is 17.0 Å². The molecule has 0 aromatic heterocycles. The van der Waals surface area contributed by atoms with E-state index in [0.29, 0.717) is 26.1 Å². The third-order valence-electron chi connectivity index (χ3n) is 4.14. The number of carboxylic acids is 1. The Hall–Kier alpha value is -1.75. The molecule has 1 aromatic carbocycles. The van der Waals surface area contributed by atoms with Crippen molar-refractivity contribution in [3.63, 3.8) is 0 Å². The molecule has 1 saturated carbocycles. The van der Waals surface area contributed by atoms with Gasteiger partial charge in [0.2, 0.25) is 0 Å². The first-order chi connectivity index (χ1) is 10.1. The highest BCUT2D eigenvalue weighted by molar-refractivity contribution is 5.79. The molecule has 0 spiro atoms. The fraction of sp³-hybridized carbons (Fsp3) is 0.562. The summed E-state index contributed by atoms with van der Waals surface area (Å²) in [7, 11) is 0. The third kappa shape index (κ3) is 3.67. The van der Waals surface area contributed by atoms with Crippen LogP contribution in [0.5, 0.6) is 11.5 Å². The molecule has 3 N–H and O–H groups in total. The highest BCUT2D eigenvalue weighted by atomic mass is 16.5. The summed E-state index contributed by atoms with van der Waals surface area (Å²) in [5.41, 5.74) is 4.93. The average Bonchev–Trinajstić information content (AvgIpc) is 2.84. The Morgan fingerprint density at radius 3 is 2.52 bits per heavy atom. The van der Waals surface area contributed by atoms with E-state index in [-0.39, 0.29) is 5.92 Å². The standard InChI is InChI=1S/C16H23NO4/c1-2-20-13-5-7-14(8-6-13)21-11-9-12-4-3-10-16(12,17)15(18)19/h5-8,12H,2-4,9-11,17H2,1H3,(H,18,19). The maximum absolute atomic E-state index is 11.3. The van der Waals surface area contributed by atoms with Crippen molar-refractivity contribution < 1.29 is 19.4 Å². The molecule has 1 aliphatic carbocycles. The first kappa shape index (κ1) is 15.6. The van der Waals surface area contributed by atoms with E-state index in [1.807, 2.05) is 31.2 Å². The molecule has 2 atom stereocenters. The van der Waals surface area contributed by atoms with Gasteiger partial charge in [-0.1, -0.05) is 6.42 Å². The van der Waals surface area contributed by atoms with Crippen molar-refractivity contribution in [2.75, 3.05) is 13.2 Å². The van der Waals surface area contributed by atoms with Gasteiger partial charge in [0.25, 0.3) is 0 Å². The summed E-state index contributed by atoms with van der Waals surface area (Å²) in [5.74, 6) is 0.658. The fourth-order valence-corrected chi connectivity index (χ4v) is 2.90. The van der Waals surface area contributed by atoms with Crippen molar-refractivity contribution in [1.29, 1.82) is 0 Å². The molecule has 2 unspecified atom stereocenters. The van der Waals surface area contributed by atoms with Gasteiger partial charge in [0.15, 0.2) is 0 Å². The Labute approximate surface area is 125 Å². The number of nitrogens with two attached hydrogens (primary N) is 1. The molecule has 2 rings (SSSR count). The second-order valence-electron chi connectivity index (χ2n) is 5.48. The molecule has 0 radical (unpaired) electrons. The fourth-order valence-electron chi connectivity index (χ4n) is 2.90. The Bertz CT molecular complexity index is 474. The Morgan fingerprint density at radius 2 is 1.95 bits per heavy atom. The lowest BCUT2D eigenvalue weighted by molar-refractivity contribution is -0.144. The Kier molecular flexibility index (Phi) is 5.07. The van der Waals surface area contributed by atoms with Gasteiger partial charge < -0.3 is 20.3 Å². The molecule has 116 valence electrons. The summed E-state index contributed by atoms with van der Waals surface area (Å²) >= 11 is 0. The number of ether oxygens (including phenoxy) is 2. The molecule has 0 saturated heterocycles. The second-order valence-corrected chi connectivity index (χ2v) is 5.48. The van der Waals surface area contributed by atoms with Crippen molar-refractivity contribution >= 4 is 5.97 Å². The molecule has 1 aromatic rings. The van der Waals surface area contributed by atoms with Gasteiger partial charge in [-0.2, -0.15) is 0 Å². The number of hydrogen-bond acceptors (Lipinski definition) is 4. The normalized spacial score (nSPS) is 24.8. The first-order valence-corrected chi connectivity index (χ1v) is 7.44. The number of carboxylic acid groups (broad SMARTS) is 1. The van der Waals surface area contributed by atoms with Gasteiger partial charge >= 0.3 is 5.97 Å². The molecule has 0 aliphatic heterocycles. The average molecular weight is 293 g/mol. The minimum Gasteiger partial charge on any atom is -0.494 e. The van der Waals surface area contributed by atoms with Crippen LogP contribution in [-0.2, 0) is 4.79 Å². The van der Waals surface area contributed by atoms with E-state index in [1.54, 1.807) is 0 Å². The van der Waals surface area contributed by atoms with Crippen LogP contribution in [0, 0.1) is 5.92 Å². The minimum atomic E-state index is -1.08. The number of rotatable bonds is 7. The monoisotopic (exact) mass is 293 g/mol. The van der Waals surface area contributed by atoms with Crippen molar-refractivity contribution in [3.8, 4) is 11.5 Å². The van der Waals surface area contributed by atoms with Gasteiger partial charge in [-0.05, 0) is 56.4 Å². The van der Waals surface area contributed by atoms with E-state index in [1.165, 1.54) is 0 Å². The van der Waals surface area contributed by atoms with Gasteiger partial charge in [-0.15, -0.1) is 0 Å². The molecule has 1 aliphatic rings. The van der Waals surface area contributed by atoms with E-state index in [2.05, 4.69) is 0 Å². The first-order valence-electron chi connectivity index (χ1n) is 7.44. The SMILES string of the molecule is CCOc1ccc(OCCC2CCCC2(N)C(=O)O)cc1. The lowest BCUT2D eigenvalue weighted by atomic mass is 9.86. The van der Waals surface area contributed by atoms with E-state index in [0.717, 1.165) is 24.3 Å². The van der Waals surface area contributed by atoms with E-state index >= 15 is 0 Å². The molecular formula is C16H23NO4. The highest BCUT2D eigenvalue weighted by Gasteiger charge is 2.45. The maximum Gasteiger partial charge on any atom is 0.323 e. The zero-order valence-corrected chi connectivity index (χ0v) is 12.4. The van der Waals surface area contributed by atoms with Crippen LogP contribution in [0.15, 0.2) is 24.3 Å². The maximum atomic E-state index is 11.3. The van der Waals surface area contributed by atoms with E-state index in [4.69, 9.17) is 15.2 Å². The van der Waals surface area contributed by atoms with Crippen LogP contribution in [0.3, 0.4) is 0 Å². The predicted molar refractivity (Wildman–Crippen MR) is 79.6 cm³/mol. The molecule has 21 heavy (non-hydrogen) atoms. The number of benzene rings is 1. The van der Waals surface area contributed by atoms with Crippen LogP contribution in [-0.4, -0.2) is 29.8 Å². The second kappa shape index (κ2) is 6.80. The van der Waals surface area contributed by atoms with Gasteiger partial charge in [-0.3, -0.25) is 4.79 Å². The summed E-state index contributed by atoms with van der Waals surface area (Å²) in [6, 6.07) is 7.43. The van der Waals surface area contributed by atoms with Crippen molar-refractivity contribution in [2.45, 2.75) is 38.1 Å². The molecule has 0 bridgehead atoms. The van der Waals surface area contributed by atoms with Crippen LogP contribution in [0.25, 0.3) is 0 Å². The molecular weight excluding hydrogens is 270 g/mol. The highest BCUT2D eigenvalue weighted by Crippen LogP contribution is 2.36. The van der Waals surface area contributed by atoms with Crippen LogP contribution >= 0.6 is 0 Å². The number of carbonyl (C=O) groups is 1. The van der Waals surface area contributed by atoms with Gasteiger partial charge in [0, 0.05) is 0 Å². The topological polar surface area (TPSA) is 81.8 Å².